The molecule has 1 amide bonds. The number of hydrogen-bond donors (Lipinski definition) is 2. The van der Waals surface area contributed by atoms with E-state index >= 15 is 0 Å². The Balaban J connectivity index is 2.03. The van der Waals surface area contributed by atoms with Gasteiger partial charge in [-0.2, -0.15) is 13.2 Å². The van der Waals surface area contributed by atoms with E-state index in [1.54, 1.807) is 32.9 Å². The van der Waals surface area contributed by atoms with Crippen molar-refractivity contribution in [2.45, 2.75) is 45.7 Å². The highest BCUT2D eigenvalue weighted by atomic mass is 19.4. The first-order chi connectivity index (χ1) is 14.0. The van der Waals surface area contributed by atoms with Gasteiger partial charge in [0.05, 0.1) is 23.8 Å². The number of hydrogen-bond acceptors (Lipinski definition) is 3. The number of amides is 1. The molecule has 0 aliphatic carbocycles. The largest absolute Gasteiger partial charge is 0.478 e. The van der Waals surface area contributed by atoms with Crippen LogP contribution in [0, 0.1) is 5.92 Å². The monoisotopic (exact) mass is 423 g/mol. The van der Waals surface area contributed by atoms with Crippen LogP contribution in [0.15, 0.2) is 48.5 Å². The molecule has 162 valence electrons. The number of alkyl halides is 3. The van der Waals surface area contributed by atoms with Gasteiger partial charge in [-0.05, 0) is 48.2 Å². The fourth-order valence-electron chi connectivity index (χ4n) is 2.89. The third kappa shape index (κ3) is 6.32. The van der Waals surface area contributed by atoms with E-state index in [1.807, 2.05) is 0 Å². The molecular weight excluding hydrogens is 399 g/mol. The van der Waals surface area contributed by atoms with Crippen molar-refractivity contribution in [2.24, 2.45) is 5.92 Å². The summed E-state index contributed by atoms with van der Waals surface area (Å²) in [6.45, 7) is 5.17. The topological polar surface area (TPSA) is 75.6 Å². The smallest absolute Gasteiger partial charge is 0.416 e. The normalized spacial score (nSPS) is 13.7. The first-order valence-electron chi connectivity index (χ1n) is 9.40. The number of ether oxygens (including phenoxy) is 1. The van der Waals surface area contributed by atoms with Crippen LogP contribution in [0.5, 0.6) is 0 Å². The second-order valence-corrected chi connectivity index (χ2v) is 7.33. The summed E-state index contributed by atoms with van der Waals surface area (Å²) in [4.78, 5) is 23.6. The Morgan fingerprint density at radius 3 is 2.23 bits per heavy atom. The van der Waals surface area contributed by atoms with E-state index in [4.69, 9.17) is 9.84 Å². The minimum Gasteiger partial charge on any atom is -0.478 e. The molecule has 0 spiro atoms. The summed E-state index contributed by atoms with van der Waals surface area (Å²) in [5.74, 6) is -1.65. The van der Waals surface area contributed by atoms with Crippen LogP contribution in [-0.2, 0) is 22.3 Å². The standard InChI is InChI=1S/C22H24F3NO4/c1-13(2)19(30-12-15-5-4-6-18(11-15)22(23,24)25)20(27)26-14(3)16-7-9-17(10-8-16)21(28)29/h4-11,13-14,19H,12H2,1-3H3,(H,26,27)(H,28,29). The molecule has 2 rings (SSSR count). The van der Waals surface area contributed by atoms with Crippen molar-refractivity contribution in [1.29, 1.82) is 0 Å². The molecule has 2 atom stereocenters. The van der Waals surface area contributed by atoms with Crippen LogP contribution in [0.1, 0.15) is 53.9 Å². The van der Waals surface area contributed by atoms with Crippen molar-refractivity contribution in [3.8, 4) is 0 Å². The van der Waals surface area contributed by atoms with Gasteiger partial charge >= 0.3 is 12.1 Å². The molecule has 5 nitrogen and oxygen atoms in total. The molecule has 0 aliphatic heterocycles. The van der Waals surface area contributed by atoms with Gasteiger partial charge < -0.3 is 15.2 Å². The van der Waals surface area contributed by atoms with Crippen LogP contribution in [-0.4, -0.2) is 23.1 Å². The first kappa shape index (κ1) is 23.4. The molecule has 0 aromatic heterocycles. The zero-order valence-corrected chi connectivity index (χ0v) is 16.9. The summed E-state index contributed by atoms with van der Waals surface area (Å²) < 4.78 is 44.2. The van der Waals surface area contributed by atoms with Gasteiger partial charge in [-0.1, -0.05) is 38.1 Å². The van der Waals surface area contributed by atoms with Gasteiger partial charge in [0.25, 0.3) is 0 Å². The third-order valence-corrected chi connectivity index (χ3v) is 4.56. The second kappa shape index (κ2) is 9.75. The highest BCUT2D eigenvalue weighted by molar-refractivity contribution is 5.87. The maximum Gasteiger partial charge on any atom is 0.416 e. The minimum atomic E-state index is -4.45. The number of carboxylic acids is 1. The fraction of sp³-hybridized carbons (Fsp3) is 0.364. The lowest BCUT2D eigenvalue weighted by atomic mass is 10.0. The maximum atomic E-state index is 12.9. The van der Waals surface area contributed by atoms with Crippen molar-refractivity contribution in [3.05, 3.63) is 70.8 Å². The zero-order chi connectivity index (χ0) is 22.5. The molecule has 2 N–H and O–H groups in total. The number of carbonyl (C=O) groups is 2. The molecular formula is C22H24F3NO4. The highest BCUT2D eigenvalue weighted by Crippen LogP contribution is 2.29. The van der Waals surface area contributed by atoms with E-state index in [9.17, 15) is 22.8 Å². The number of carbonyl (C=O) groups excluding carboxylic acids is 1. The van der Waals surface area contributed by atoms with Gasteiger partial charge in [-0.25, -0.2) is 4.79 Å². The summed E-state index contributed by atoms with van der Waals surface area (Å²) >= 11 is 0. The Hall–Kier alpha value is -2.87. The molecule has 2 unspecified atom stereocenters. The van der Waals surface area contributed by atoms with Crippen LogP contribution in [0.2, 0.25) is 0 Å². The third-order valence-electron chi connectivity index (χ3n) is 4.56. The van der Waals surface area contributed by atoms with Crippen LogP contribution in [0.4, 0.5) is 13.2 Å². The van der Waals surface area contributed by atoms with Crippen LogP contribution >= 0.6 is 0 Å². The van der Waals surface area contributed by atoms with E-state index in [2.05, 4.69) is 5.32 Å². The van der Waals surface area contributed by atoms with Gasteiger partial charge in [0.2, 0.25) is 5.91 Å². The van der Waals surface area contributed by atoms with Crippen molar-refractivity contribution >= 4 is 11.9 Å². The highest BCUT2D eigenvalue weighted by Gasteiger charge is 2.30. The van der Waals surface area contributed by atoms with Crippen molar-refractivity contribution in [2.75, 3.05) is 0 Å². The number of nitrogens with one attached hydrogen (secondary N) is 1. The molecule has 0 saturated carbocycles. The number of rotatable bonds is 8. The lowest BCUT2D eigenvalue weighted by molar-refractivity contribution is -0.139. The molecule has 30 heavy (non-hydrogen) atoms. The van der Waals surface area contributed by atoms with Crippen LogP contribution in [0.3, 0.4) is 0 Å². The Morgan fingerprint density at radius 2 is 1.70 bits per heavy atom. The average Bonchev–Trinajstić information content (AvgIpc) is 2.67. The van der Waals surface area contributed by atoms with Gasteiger partial charge in [0.15, 0.2) is 0 Å². The second-order valence-electron chi connectivity index (χ2n) is 7.33. The zero-order valence-electron chi connectivity index (χ0n) is 16.9. The van der Waals surface area contributed by atoms with Gasteiger partial charge in [0.1, 0.15) is 6.10 Å². The van der Waals surface area contributed by atoms with Crippen molar-refractivity contribution in [3.63, 3.8) is 0 Å². The molecule has 0 fully saturated rings. The van der Waals surface area contributed by atoms with E-state index in [0.29, 0.717) is 11.1 Å². The molecule has 0 bridgehead atoms. The predicted octanol–water partition coefficient (Wildman–Crippen LogP) is 4.82. The minimum absolute atomic E-state index is 0.137. The van der Waals surface area contributed by atoms with Gasteiger partial charge in [0, 0.05) is 0 Å². The number of carboxylic acid groups (broad SMARTS) is 1. The van der Waals surface area contributed by atoms with Crippen LogP contribution < -0.4 is 5.32 Å². The summed E-state index contributed by atoms with van der Waals surface area (Å²) in [7, 11) is 0. The molecule has 8 heteroatoms. The molecule has 0 radical (unpaired) electrons. The van der Waals surface area contributed by atoms with Crippen LogP contribution in [0.25, 0.3) is 0 Å². The first-order valence-corrected chi connectivity index (χ1v) is 9.40. The lowest BCUT2D eigenvalue weighted by Gasteiger charge is -2.24. The number of aromatic carboxylic acids is 1. The fourth-order valence-corrected chi connectivity index (χ4v) is 2.89. The lowest BCUT2D eigenvalue weighted by Crippen LogP contribution is -2.40. The van der Waals surface area contributed by atoms with E-state index in [1.165, 1.54) is 24.3 Å². The van der Waals surface area contributed by atoms with Gasteiger partial charge in [-0.3, -0.25) is 4.79 Å². The molecule has 0 heterocycles. The van der Waals surface area contributed by atoms with E-state index in [0.717, 1.165) is 12.1 Å². The van der Waals surface area contributed by atoms with E-state index in [-0.39, 0.29) is 18.1 Å². The summed E-state index contributed by atoms with van der Waals surface area (Å²) in [6.07, 6.45) is -5.31. The van der Waals surface area contributed by atoms with Crippen molar-refractivity contribution in [1.82, 2.24) is 5.32 Å². The Labute approximate surface area is 172 Å². The Kier molecular flexibility index (Phi) is 7.61. The Morgan fingerprint density at radius 1 is 1.07 bits per heavy atom. The summed E-state index contributed by atoms with van der Waals surface area (Å²) in [5.41, 5.74) is 0.406. The predicted molar refractivity (Wildman–Crippen MR) is 105 cm³/mol. The molecule has 2 aromatic rings. The molecule has 2 aromatic carbocycles. The van der Waals surface area contributed by atoms with Gasteiger partial charge in [-0.15, -0.1) is 0 Å². The number of halogens is 3. The SMILES string of the molecule is CC(NC(=O)C(OCc1cccc(C(F)(F)F)c1)C(C)C)c1ccc(C(=O)O)cc1. The number of benzene rings is 2. The quantitative estimate of drug-likeness (QED) is 0.638. The summed E-state index contributed by atoms with van der Waals surface area (Å²) in [5, 5.41) is 11.8. The van der Waals surface area contributed by atoms with Crippen molar-refractivity contribution < 1.29 is 32.6 Å². The molecule has 0 saturated heterocycles. The average molecular weight is 423 g/mol. The van der Waals surface area contributed by atoms with E-state index < -0.39 is 35.8 Å². The summed E-state index contributed by atoms with van der Waals surface area (Å²) in [6, 6.07) is 10.5. The molecule has 0 aliphatic rings. The Bertz CT molecular complexity index is 879. The maximum absolute atomic E-state index is 12.9.